The Kier molecular flexibility index (Phi) is 3.78. The van der Waals surface area contributed by atoms with Crippen molar-refractivity contribution in [1.82, 2.24) is 4.98 Å². The van der Waals surface area contributed by atoms with E-state index in [-0.39, 0.29) is 11.5 Å². The average Bonchev–Trinajstić information content (AvgIpc) is 2.34. The molecule has 7 heteroatoms. The fourth-order valence-corrected chi connectivity index (χ4v) is 1.78. The van der Waals surface area contributed by atoms with Crippen molar-refractivity contribution in [2.45, 2.75) is 0 Å². The van der Waals surface area contributed by atoms with Crippen LogP contribution in [-0.4, -0.2) is 9.91 Å². The first-order valence-electron chi connectivity index (χ1n) is 4.89. The molecule has 92 valence electrons. The van der Waals surface area contributed by atoms with Crippen molar-refractivity contribution in [2.24, 2.45) is 0 Å². The first kappa shape index (κ1) is 12.8. The summed E-state index contributed by atoms with van der Waals surface area (Å²) in [6, 6.07) is 8.21. The zero-order chi connectivity index (χ0) is 13.1. The maximum Gasteiger partial charge on any atom is 0.312 e. The molecule has 1 N–H and O–H groups in total. The van der Waals surface area contributed by atoms with E-state index in [9.17, 15) is 10.1 Å². The van der Waals surface area contributed by atoms with Crippen LogP contribution in [0, 0.1) is 10.1 Å². The number of aromatic nitrogens is 1. The van der Waals surface area contributed by atoms with Gasteiger partial charge in [0.25, 0.3) is 0 Å². The molecule has 0 spiro atoms. The van der Waals surface area contributed by atoms with Crippen molar-refractivity contribution in [2.75, 3.05) is 5.32 Å². The second-order valence-electron chi connectivity index (χ2n) is 3.41. The maximum atomic E-state index is 10.9. The van der Waals surface area contributed by atoms with Crippen LogP contribution < -0.4 is 5.32 Å². The topological polar surface area (TPSA) is 68.1 Å². The minimum absolute atomic E-state index is 0.0978. The summed E-state index contributed by atoms with van der Waals surface area (Å²) in [4.78, 5) is 14.4. The van der Waals surface area contributed by atoms with Crippen molar-refractivity contribution in [3.8, 4) is 0 Å². The van der Waals surface area contributed by atoms with E-state index >= 15 is 0 Å². The van der Waals surface area contributed by atoms with Crippen molar-refractivity contribution >= 4 is 44.7 Å². The zero-order valence-electron chi connectivity index (χ0n) is 8.93. The first-order chi connectivity index (χ1) is 8.56. The molecule has 1 aromatic heterocycles. The molecule has 18 heavy (non-hydrogen) atoms. The number of halogens is 2. The Hall–Kier alpha value is -1.66. The Morgan fingerprint density at radius 2 is 2.00 bits per heavy atom. The van der Waals surface area contributed by atoms with Crippen molar-refractivity contribution in [3.63, 3.8) is 0 Å². The van der Waals surface area contributed by atoms with Crippen LogP contribution in [0.3, 0.4) is 0 Å². The van der Waals surface area contributed by atoms with E-state index in [0.717, 1.165) is 0 Å². The summed E-state index contributed by atoms with van der Waals surface area (Å²) in [5.74, 6) is 0.186. The third-order valence-corrected chi connectivity index (χ3v) is 2.82. The van der Waals surface area contributed by atoms with Gasteiger partial charge >= 0.3 is 5.69 Å². The fraction of sp³-hybridized carbons (Fsp3) is 0. The molecule has 0 aliphatic rings. The molecule has 0 aliphatic carbocycles. The molecule has 1 aromatic carbocycles. The molecular formula is C11H7BrClN3O2. The number of nitrogens with zero attached hydrogens (tertiary/aromatic N) is 2. The molecule has 1 heterocycles. The SMILES string of the molecule is O=[N+]([O-])c1cc(Br)cnc1Nc1ccc(Cl)cc1. The van der Waals surface area contributed by atoms with E-state index in [2.05, 4.69) is 26.2 Å². The number of hydrogen-bond acceptors (Lipinski definition) is 4. The molecule has 0 unspecified atom stereocenters. The van der Waals surface area contributed by atoms with Gasteiger partial charge in [-0.15, -0.1) is 0 Å². The molecule has 2 rings (SSSR count). The monoisotopic (exact) mass is 327 g/mol. The summed E-state index contributed by atoms with van der Waals surface area (Å²) in [5.41, 5.74) is 0.580. The van der Waals surface area contributed by atoms with Crippen LogP contribution in [-0.2, 0) is 0 Å². The van der Waals surface area contributed by atoms with Gasteiger partial charge in [0.2, 0.25) is 5.82 Å². The van der Waals surface area contributed by atoms with Gasteiger partial charge in [0.05, 0.1) is 4.92 Å². The Bertz CT molecular complexity index is 589. The molecule has 0 saturated heterocycles. The van der Waals surface area contributed by atoms with Gasteiger partial charge in [-0.1, -0.05) is 11.6 Å². The van der Waals surface area contributed by atoms with Crippen LogP contribution in [0.2, 0.25) is 5.02 Å². The highest BCUT2D eigenvalue weighted by Gasteiger charge is 2.15. The molecule has 5 nitrogen and oxygen atoms in total. The predicted molar refractivity (Wildman–Crippen MR) is 73.3 cm³/mol. The van der Waals surface area contributed by atoms with Gasteiger partial charge in [-0.05, 0) is 40.2 Å². The highest BCUT2D eigenvalue weighted by molar-refractivity contribution is 9.10. The largest absolute Gasteiger partial charge is 0.334 e. The van der Waals surface area contributed by atoms with Crippen LogP contribution >= 0.6 is 27.5 Å². The number of pyridine rings is 1. The van der Waals surface area contributed by atoms with E-state index in [1.54, 1.807) is 24.3 Å². The predicted octanol–water partition coefficient (Wildman–Crippen LogP) is 4.15. The molecular weight excluding hydrogens is 321 g/mol. The van der Waals surface area contributed by atoms with Gasteiger partial charge in [-0.2, -0.15) is 0 Å². The lowest BCUT2D eigenvalue weighted by molar-refractivity contribution is -0.384. The fourth-order valence-electron chi connectivity index (χ4n) is 1.33. The molecule has 0 atom stereocenters. The van der Waals surface area contributed by atoms with Gasteiger partial charge in [-0.25, -0.2) is 4.98 Å². The first-order valence-corrected chi connectivity index (χ1v) is 6.06. The van der Waals surface area contributed by atoms with E-state index < -0.39 is 4.92 Å². The second-order valence-corrected chi connectivity index (χ2v) is 4.76. The summed E-state index contributed by atoms with van der Waals surface area (Å²) in [6.07, 6.45) is 1.49. The average molecular weight is 329 g/mol. The number of hydrogen-bond donors (Lipinski definition) is 1. The minimum Gasteiger partial charge on any atom is -0.334 e. The summed E-state index contributed by atoms with van der Waals surface area (Å²) in [6.45, 7) is 0. The molecule has 0 saturated carbocycles. The zero-order valence-corrected chi connectivity index (χ0v) is 11.3. The maximum absolute atomic E-state index is 10.9. The van der Waals surface area contributed by atoms with Crippen LogP contribution in [0.1, 0.15) is 0 Å². The molecule has 2 aromatic rings. The highest BCUT2D eigenvalue weighted by atomic mass is 79.9. The minimum atomic E-state index is -0.490. The lowest BCUT2D eigenvalue weighted by Crippen LogP contribution is -1.99. The lowest BCUT2D eigenvalue weighted by Gasteiger charge is -2.06. The van der Waals surface area contributed by atoms with Gasteiger partial charge in [0.1, 0.15) is 0 Å². The smallest absolute Gasteiger partial charge is 0.312 e. The van der Waals surface area contributed by atoms with E-state index in [0.29, 0.717) is 15.2 Å². The van der Waals surface area contributed by atoms with Crippen LogP contribution in [0.15, 0.2) is 41.0 Å². The number of benzene rings is 1. The van der Waals surface area contributed by atoms with Gasteiger partial charge in [0, 0.05) is 27.4 Å². The second kappa shape index (κ2) is 5.32. The molecule has 0 fully saturated rings. The lowest BCUT2D eigenvalue weighted by atomic mass is 10.3. The standard InChI is InChI=1S/C11H7BrClN3O2/c12-7-5-10(16(17)18)11(14-6-7)15-9-3-1-8(13)2-4-9/h1-6H,(H,14,15). The summed E-state index contributed by atoms with van der Waals surface area (Å²) < 4.78 is 0.552. The van der Waals surface area contributed by atoms with Crippen molar-refractivity contribution in [3.05, 3.63) is 56.1 Å². The Balaban J connectivity index is 2.34. The van der Waals surface area contributed by atoms with Crippen LogP contribution in [0.4, 0.5) is 17.2 Å². The Morgan fingerprint density at radius 1 is 1.33 bits per heavy atom. The summed E-state index contributed by atoms with van der Waals surface area (Å²) >= 11 is 8.91. The van der Waals surface area contributed by atoms with Gasteiger partial charge in [-0.3, -0.25) is 10.1 Å². The Morgan fingerprint density at radius 3 is 2.61 bits per heavy atom. The molecule has 0 radical (unpaired) electrons. The van der Waals surface area contributed by atoms with Crippen LogP contribution in [0.5, 0.6) is 0 Å². The normalized spacial score (nSPS) is 10.1. The number of anilines is 2. The Labute approximate surface area is 116 Å². The number of rotatable bonds is 3. The van der Waals surface area contributed by atoms with Gasteiger partial charge in [0.15, 0.2) is 0 Å². The van der Waals surface area contributed by atoms with Crippen LogP contribution in [0.25, 0.3) is 0 Å². The highest BCUT2D eigenvalue weighted by Crippen LogP contribution is 2.28. The van der Waals surface area contributed by atoms with Crippen molar-refractivity contribution < 1.29 is 4.92 Å². The van der Waals surface area contributed by atoms with E-state index in [1.165, 1.54) is 12.3 Å². The molecule has 0 amide bonds. The van der Waals surface area contributed by atoms with Gasteiger partial charge < -0.3 is 5.32 Å². The van der Waals surface area contributed by atoms with E-state index in [1.807, 2.05) is 0 Å². The quantitative estimate of drug-likeness (QED) is 0.679. The third kappa shape index (κ3) is 2.96. The molecule has 0 bridgehead atoms. The van der Waals surface area contributed by atoms with Crippen molar-refractivity contribution in [1.29, 1.82) is 0 Å². The third-order valence-electron chi connectivity index (χ3n) is 2.14. The number of nitrogens with one attached hydrogen (secondary N) is 1. The number of nitro groups is 1. The van der Waals surface area contributed by atoms with E-state index in [4.69, 9.17) is 11.6 Å². The molecule has 0 aliphatic heterocycles. The summed E-state index contributed by atoms with van der Waals surface area (Å²) in [7, 11) is 0. The summed E-state index contributed by atoms with van der Waals surface area (Å²) in [5, 5.41) is 14.4.